The van der Waals surface area contributed by atoms with Gasteiger partial charge in [-0.05, 0) is 6.07 Å². The monoisotopic (exact) mass is 206 g/mol. The highest BCUT2D eigenvalue weighted by Gasteiger charge is 2.04. The molecular formula is C9H6N2O4. The van der Waals surface area contributed by atoms with E-state index in [-0.39, 0.29) is 11.6 Å². The third-order valence-corrected chi connectivity index (χ3v) is 1.79. The SMILES string of the molecule is O=Cc1ccc(-n2ccc(=O)[nH]c2=O)o1. The molecule has 0 saturated carbocycles. The van der Waals surface area contributed by atoms with Gasteiger partial charge >= 0.3 is 5.69 Å². The third kappa shape index (κ3) is 1.64. The molecule has 2 heterocycles. The second kappa shape index (κ2) is 3.41. The predicted molar refractivity (Wildman–Crippen MR) is 50.3 cm³/mol. The zero-order chi connectivity index (χ0) is 10.8. The third-order valence-electron chi connectivity index (χ3n) is 1.79. The fourth-order valence-electron chi connectivity index (χ4n) is 1.13. The molecule has 0 bridgehead atoms. The molecule has 0 aliphatic heterocycles. The molecule has 0 unspecified atom stereocenters. The van der Waals surface area contributed by atoms with E-state index in [2.05, 4.69) is 4.98 Å². The van der Waals surface area contributed by atoms with E-state index in [0.29, 0.717) is 6.29 Å². The van der Waals surface area contributed by atoms with Crippen LogP contribution >= 0.6 is 0 Å². The molecule has 6 nitrogen and oxygen atoms in total. The Labute approximate surface area is 82.8 Å². The van der Waals surface area contributed by atoms with E-state index in [0.717, 1.165) is 4.57 Å². The van der Waals surface area contributed by atoms with Crippen molar-refractivity contribution in [2.75, 3.05) is 0 Å². The van der Waals surface area contributed by atoms with E-state index in [9.17, 15) is 14.4 Å². The van der Waals surface area contributed by atoms with Crippen molar-refractivity contribution in [3.63, 3.8) is 0 Å². The van der Waals surface area contributed by atoms with Crippen molar-refractivity contribution in [3.05, 3.63) is 51.0 Å². The van der Waals surface area contributed by atoms with Gasteiger partial charge < -0.3 is 4.42 Å². The molecule has 0 saturated heterocycles. The summed E-state index contributed by atoms with van der Waals surface area (Å²) in [6, 6.07) is 4.08. The number of nitrogens with one attached hydrogen (secondary N) is 1. The molecular weight excluding hydrogens is 200 g/mol. The van der Waals surface area contributed by atoms with E-state index in [4.69, 9.17) is 4.42 Å². The molecule has 1 N–H and O–H groups in total. The number of aromatic nitrogens is 2. The van der Waals surface area contributed by atoms with Gasteiger partial charge in [0, 0.05) is 18.3 Å². The summed E-state index contributed by atoms with van der Waals surface area (Å²) in [5, 5.41) is 0. The van der Waals surface area contributed by atoms with Crippen molar-refractivity contribution in [2.24, 2.45) is 0 Å². The maximum absolute atomic E-state index is 11.3. The van der Waals surface area contributed by atoms with Crippen LogP contribution in [0.3, 0.4) is 0 Å². The van der Waals surface area contributed by atoms with Gasteiger partial charge in [0.15, 0.2) is 12.0 Å². The van der Waals surface area contributed by atoms with Crippen LogP contribution in [0, 0.1) is 0 Å². The standard InChI is InChI=1S/C9H6N2O4/c12-5-6-1-2-8(15-6)11-4-3-7(13)10-9(11)14/h1-5H,(H,10,13,14). The van der Waals surface area contributed by atoms with Crippen LogP contribution in [0.2, 0.25) is 0 Å². The van der Waals surface area contributed by atoms with Gasteiger partial charge in [0.25, 0.3) is 5.56 Å². The van der Waals surface area contributed by atoms with Crippen LogP contribution in [-0.4, -0.2) is 15.8 Å². The number of aldehydes is 1. The quantitative estimate of drug-likeness (QED) is 0.697. The van der Waals surface area contributed by atoms with Crippen LogP contribution in [-0.2, 0) is 0 Å². The van der Waals surface area contributed by atoms with Crippen LogP contribution in [0.1, 0.15) is 10.6 Å². The number of H-pyrrole nitrogens is 1. The van der Waals surface area contributed by atoms with E-state index in [1.165, 1.54) is 24.4 Å². The summed E-state index contributed by atoms with van der Waals surface area (Å²) in [6.07, 6.45) is 1.80. The second-order valence-corrected chi connectivity index (χ2v) is 2.77. The Morgan fingerprint density at radius 2 is 2.07 bits per heavy atom. The lowest BCUT2D eigenvalue weighted by Crippen LogP contribution is -2.27. The molecule has 76 valence electrons. The van der Waals surface area contributed by atoms with Crippen molar-refractivity contribution in [1.82, 2.24) is 9.55 Å². The maximum atomic E-state index is 11.3. The minimum Gasteiger partial charge on any atom is -0.437 e. The lowest BCUT2D eigenvalue weighted by atomic mass is 10.5. The normalized spacial score (nSPS) is 10.1. The Morgan fingerprint density at radius 3 is 2.67 bits per heavy atom. The molecule has 2 aromatic rings. The Balaban J connectivity index is 2.58. The zero-order valence-corrected chi connectivity index (χ0v) is 7.47. The van der Waals surface area contributed by atoms with Crippen molar-refractivity contribution in [1.29, 1.82) is 0 Å². The van der Waals surface area contributed by atoms with Gasteiger partial charge in [-0.15, -0.1) is 0 Å². The van der Waals surface area contributed by atoms with Crippen LogP contribution in [0.4, 0.5) is 0 Å². The Hall–Kier alpha value is -2.37. The predicted octanol–water partition coefficient (Wildman–Crippen LogP) is -0.0687. The maximum Gasteiger partial charge on any atom is 0.335 e. The molecule has 0 radical (unpaired) electrons. The molecule has 0 fully saturated rings. The highest BCUT2D eigenvalue weighted by molar-refractivity contribution is 5.70. The number of hydrogen-bond acceptors (Lipinski definition) is 4. The van der Waals surface area contributed by atoms with Crippen molar-refractivity contribution >= 4 is 6.29 Å². The van der Waals surface area contributed by atoms with E-state index in [1.54, 1.807) is 0 Å². The first-order chi connectivity index (χ1) is 7.20. The molecule has 2 aromatic heterocycles. The van der Waals surface area contributed by atoms with Gasteiger partial charge in [0.05, 0.1) is 0 Å². The smallest absolute Gasteiger partial charge is 0.335 e. The van der Waals surface area contributed by atoms with Crippen LogP contribution in [0.25, 0.3) is 5.88 Å². The zero-order valence-electron chi connectivity index (χ0n) is 7.47. The molecule has 0 atom stereocenters. The van der Waals surface area contributed by atoms with E-state index >= 15 is 0 Å². The fraction of sp³-hybridized carbons (Fsp3) is 0. The Bertz CT molecular complexity index is 605. The van der Waals surface area contributed by atoms with Crippen LogP contribution < -0.4 is 11.2 Å². The number of nitrogens with zero attached hydrogens (tertiary/aromatic N) is 1. The van der Waals surface area contributed by atoms with Gasteiger partial charge in [-0.25, -0.2) is 9.36 Å². The Kier molecular flexibility index (Phi) is 2.09. The summed E-state index contributed by atoms with van der Waals surface area (Å²) in [6.45, 7) is 0. The summed E-state index contributed by atoms with van der Waals surface area (Å²) in [5.41, 5.74) is -1.10. The van der Waals surface area contributed by atoms with E-state index in [1.807, 2.05) is 0 Å². The van der Waals surface area contributed by atoms with Gasteiger partial charge in [-0.3, -0.25) is 14.6 Å². The molecule has 2 rings (SSSR count). The first-order valence-corrected chi connectivity index (χ1v) is 4.08. The Morgan fingerprint density at radius 1 is 1.27 bits per heavy atom. The number of carbonyl (C=O) groups excluding carboxylic acids is 1. The summed E-state index contributed by atoms with van der Waals surface area (Å²) in [4.78, 5) is 34.5. The highest BCUT2D eigenvalue weighted by atomic mass is 16.4. The number of rotatable bonds is 2. The van der Waals surface area contributed by atoms with Crippen LogP contribution in [0.15, 0.2) is 38.4 Å². The van der Waals surface area contributed by atoms with Crippen LogP contribution in [0.5, 0.6) is 0 Å². The summed E-state index contributed by atoms with van der Waals surface area (Å²) in [7, 11) is 0. The number of aromatic amines is 1. The van der Waals surface area contributed by atoms with E-state index < -0.39 is 11.2 Å². The number of furan rings is 1. The minimum absolute atomic E-state index is 0.114. The summed E-state index contributed by atoms with van der Waals surface area (Å²) in [5.74, 6) is 0.293. The molecule has 0 aromatic carbocycles. The van der Waals surface area contributed by atoms with Gasteiger partial charge in [-0.1, -0.05) is 0 Å². The molecule has 15 heavy (non-hydrogen) atoms. The largest absolute Gasteiger partial charge is 0.437 e. The topological polar surface area (TPSA) is 85.1 Å². The average molecular weight is 206 g/mol. The first-order valence-electron chi connectivity index (χ1n) is 4.08. The summed E-state index contributed by atoms with van der Waals surface area (Å²) < 4.78 is 6.10. The van der Waals surface area contributed by atoms with Gasteiger partial charge in [0.1, 0.15) is 0 Å². The molecule has 6 heteroatoms. The van der Waals surface area contributed by atoms with Crippen molar-refractivity contribution in [3.8, 4) is 5.88 Å². The van der Waals surface area contributed by atoms with Gasteiger partial charge in [-0.2, -0.15) is 0 Å². The van der Waals surface area contributed by atoms with Crippen molar-refractivity contribution in [2.45, 2.75) is 0 Å². The number of hydrogen-bond donors (Lipinski definition) is 1. The first kappa shape index (κ1) is 9.20. The molecule has 0 spiro atoms. The lowest BCUT2D eigenvalue weighted by Gasteiger charge is -1.97. The average Bonchev–Trinajstić information content (AvgIpc) is 2.66. The second-order valence-electron chi connectivity index (χ2n) is 2.77. The van der Waals surface area contributed by atoms with Crippen molar-refractivity contribution < 1.29 is 9.21 Å². The highest BCUT2D eigenvalue weighted by Crippen LogP contribution is 2.08. The van der Waals surface area contributed by atoms with Gasteiger partial charge in [0.2, 0.25) is 5.88 Å². The minimum atomic E-state index is -0.616. The summed E-state index contributed by atoms with van der Waals surface area (Å²) >= 11 is 0. The number of carbonyl (C=O) groups is 1. The lowest BCUT2D eigenvalue weighted by molar-refractivity contribution is 0.110. The fourth-order valence-corrected chi connectivity index (χ4v) is 1.13. The molecule has 0 amide bonds. The molecule has 0 aliphatic carbocycles. The molecule has 0 aliphatic rings.